The van der Waals surface area contributed by atoms with E-state index in [9.17, 15) is 17.6 Å². The van der Waals surface area contributed by atoms with Crippen LogP contribution in [-0.2, 0) is 14.8 Å². The summed E-state index contributed by atoms with van der Waals surface area (Å²) in [5.74, 6) is 0.812. The fourth-order valence-corrected chi connectivity index (χ4v) is 4.90. The van der Waals surface area contributed by atoms with E-state index in [2.05, 4.69) is 4.72 Å². The van der Waals surface area contributed by atoms with Crippen molar-refractivity contribution < 1.29 is 27.1 Å². The molecule has 3 aromatic carbocycles. The van der Waals surface area contributed by atoms with Gasteiger partial charge in [0.25, 0.3) is 0 Å². The van der Waals surface area contributed by atoms with E-state index < -0.39 is 16.0 Å². The van der Waals surface area contributed by atoms with E-state index in [1.807, 2.05) is 12.1 Å². The Morgan fingerprint density at radius 3 is 2.33 bits per heavy atom. The summed E-state index contributed by atoms with van der Waals surface area (Å²) in [5, 5.41) is 0. The lowest BCUT2D eigenvalue weighted by Crippen LogP contribution is -2.26. The summed E-state index contributed by atoms with van der Waals surface area (Å²) in [7, 11) is -2.51. The number of hydrogen-bond acceptors (Lipinski definition) is 6. The fraction of sp³-hybridized carbons (Fsp3) is 0.208. The standard InChI is InChI=1S/C24H24FNO5S2/c1-16-4-10-21(15-22(16)24(27)30-3)33(28,29)26-12-13-32-20-8-5-18(6-9-20)31-19-7-11-23(25)17(2)14-19/h4-11,14-15,26H,12-13H2,1-3H3. The van der Waals surface area contributed by atoms with E-state index in [4.69, 9.17) is 9.47 Å². The maximum atomic E-state index is 13.4. The van der Waals surface area contributed by atoms with Gasteiger partial charge in [-0.2, -0.15) is 0 Å². The van der Waals surface area contributed by atoms with E-state index in [1.165, 1.54) is 37.1 Å². The van der Waals surface area contributed by atoms with Gasteiger partial charge in [0.1, 0.15) is 17.3 Å². The van der Waals surface area contributed by atoms with Crippen LogP contribution in [0.5, 0.6) is 11.5 Å². The smallest absolute Gasteiger partial charge is 0.338 e. The average Bonchev–Trinajstić information content (AvgIpc) is 2.80. The highest BCUT2D eigenvalue weighted by Gasteiger charge is 2.18. The molecular formula is C24H24FNO5S2. The van der Waals surface area contributed by atoms with E-state index in [0.29, 0.717) is 28.4 Å². The molecule has 0 atom stereocenters. The highest BCUT2D eigenvalue weighted by Crippen LogP contribution is 2.26. The lowest BCUT2D eigenvalue weighted by Gasteiger charge is -2.10. The minimum absolute atomic E-state index is 0.0102. The Balaban J connectivity index is 1.53. The number of ether oxygens (including phenoxy) is 2. The molecule has 0 amide bonds. The van der Waals surface area contributed by atoms with Crippen LogP contribution >= 0.6 is 11.8 Å². The molecule has 3 aromatic rings. The van der Waals surface area contributed by atoms with Gasteiger partial charge in [-0.3, -0.25) is 0 Å². The number of carbonyl (C=O) groups is 1. The Morgan fingerprint density at radius 1 is 0.970 bits per heavy atom. The van der Waals surface area contributed by atoms with Gasteiger partial charge in [0.05, 0.1) is 17.6 Å². The summed E-state index contributed by atoms with van der Waals surface area (Å²) in [4.78, 5) is 12.8. The van der Waals surface area contributed by atoms with Crippen molar-refractivity contribution >= 4 is 27.8 Å². The first-order chi connectivity index (χ1) is 15.7. The summed E-state index contributed by atoms with van der Waals surface area (Å²) in [5.41, 5.74) is 1.36. The predicted octanol–water partition coefficient (Wildman–Crippen LogP) is 5.09. The van der Waals surface area contributed by atoms with Crippen LogP contribution in [-0.4, -0.2) is 33.8 Å². The minimum atomic E-state index is -3.76. The summed E-state index contributed by atoms with van der Waals surface area (Å²) >= 11 is 1.48. The third-order valence-electron chi connectivity index (χ3n) is 4.78. The van der Waals surface area contributed by atoms with Crippen molar-refractivity contribution in [2.24, 2.45) is 0 Å². The minimum Gasteiger partial charge on any atom is -0.465 e. The Morgan fingerprint density at radius 2 is 1.67 bits per heavy atom. The highest BCUT2D eigenvalue weighted by atomic mass is 32.2. The van der Waals surface area contributed by atoms with Crippen molar-refractivity contribution in [2.75, 3.05) is 19.4 Å². The number of aryl methyl sites for hydroxylation is 2. The van der Waals surface area contributed by atoms with E-state index in [0.717, 1.165) is 4.90 Å². The zero-order valence-electron chi connectivity index (χ0n) is 18.4. The van der Waals surface area contributed by atoms with Gasteiger partial charge in [0.2, 0.25) is 10.0 Å². The number of thioether (sulfide) groups is 1. The lowest BCUT2D eigenvalue weighted by molar-refractivity contribution is 0.0599. The largest absolute Gasteiger partial charge is 0.465 e. The van der Waals surface area contributed by atoms with Crippen LogP contribution in [0.15, 0.2) is 70.5 Å². The number of halogens is 1. The van der Waals surface area contributed by atoms with Gasteiger partial charge in [-0.15, -0.1) is 11.8 Å². The molecule has 0 heterocycles. The lowest BCUT2D eigenvalue weighted by atomic mass is 10.1. The Bertz CT molecular complexity index is 1240. The zero-order valence-corrected chi connectivity index (χ0v) is 20.1. The second kappa shape index (κ2) is 10.8. The van der Waals surface area contributed by atoms with Crippen LogP contribution in [0.4, 0.5) is 4.39 Å². The number of benzene rings is 3. The second-order valence-electron chi connectivity index (χ2n) is 7.20. The van der Waals surface area contributed by atoms with Crippen molar-refractivity contribution in [1.82, 2.24) is 4.72 Å². The molecule has 0 unspecified atom stereocenters. The third-order valence-corrected chi connectivity index (χ3v) is 7.25. The van der Waals surface area contributed by atoms with Crippen LogP contribution < -0.4 is 9.46 Å². The van der Waals surface area contributed by atoms with Crippen LogP contribution in [0, 0.1) is 19.7 Å². The van der Waals surface area contributed by atoms with E-state index in [-0.39, 0.29) is 22.8 Å². The van der Waals surface area contributed by atoms with Crippen LogP contribution in [0.2, 0.25) is 0 Å². The van der Waals surface area contributed by atoms with Gasteiger partial charge in [-0.1, -0.05) is 6.07 Å². The molecule has 9 heteroatoms. The highest BCUT2D eigenvalue weighted by molar-refractivity contribution is 7.99. The first kappa shape index (κ1) is 24.8. The Kier molecular flexibility index (Phi) is 8.12. The van der Waals surface area contributed by atoms with Crippen LogP contribution in [0.25, 0.3) is 0 Å². The van der Waals surface area contributed by atoms with Crippen molar-refractivity contribution in [3.05, 3.63) is 83.2 Å². The van der Waals surface area contributed by atoms with Gasteiger partial charge < -0.3 is 9.47 Å². The normalized spacial score (nSPS) is 11.3. The maximum Gasteiger partial charge on any atom is 0.338 e. The molecule has 0 aromatic heterocycles. The summed E-state index contributed by atoms with van der Waals surface area (Å²) in [6.07, 6.45) is 0. The number of methoxy groups -OCH3 is 1. The van der Waals surface area contributed by atoms with Crippen molar-refractivity contribution in [3.8, 4) is 11.5 Å². The number of hydrogen-bond donors (Lipinski definition) is 1. The number of carbonyl (C=O) groups excluding carboxylic acids is 1. The molecule has 0 saturated carbocycles. The van der Waals surface area contributed by atoms with E-state index in [1.54, 1.807) is 44.2 Å². The first-order valence-electron chi connectivity index (χ1n) is 10.0. The van der Waals surface area contributed by atoms with Crippen molar-refractivity contribution in [2.45, 2.75) is 23.6 Å². The number of rotatable bonds is 9. The molecule has 0 aliphatic carbocycles. The number of esters is 1. The quantitative estimate of drug-likeness (QED) is 0.256. The molecule has 0 bridgehead atoms. The van der Waals surface area contributed by atoms with Gasteiger partial charge in [0.15, 0.2) is 0 Å². The Labute approximate surface area is 197 Å². The molecule has 0 spiro atoms. The molecule has 33 heavy (non-hydrogen) atoms. The molecule has 3 rings (SSSR count). The van der Waals surface area contributed by atoms with Crippen LogP contribution in [0.1, 0.15) is 21.5 Å². The molecular weight excluding hydrogens is 465 g/mol. The molecule has 1 N–H and O–H groups in total. The summed E-state index contributed by atoms with van der Waals surface area (Å²) in [6, 6.07) is 16.2. The number of nitrogens with one attached hydrogen (secondary N) is 1. The molecule has 174 valence electrons. The monoisotopic (exact) mass is 489 g/mol. The van der Waals surface area contributed by atoms with Gasteiger partial charge in [0, 0.05) is 17.2 Å². The number of sulfonamides is 1. The Hall–Kier alpha value is -2.88. The third kappa shape index (κ3) is 6.56. The first-order valence-corrected chi connectivity index (χ1v) is 12.5. The molecule has 0 radical (unpaired) electrons. The zero-order chi connectivity index (χ0) is 24.0. The van der Waals surface area contributed by atoms with Gasteiger partial charge in [-0.05, 0) is 79.6 Å². The second-order valence-corrected chi connectivity index (χ2v) is 10.1. The van der Waals surface area contributed by atoms with Crippen molar-refractivity contribution in [1.29, 1.82) is 0 Å². The molecule has 6 nitrogen and oxygen atoms in total. The van der Waals surface area contributed by atoms with Crippen molar-refractivity contribution in [3.63, 3.8) is 0 Å². The topological polar surface area (TPSA) is 81.7 Å². The maximum absolute atomic E-state index is 13.4. The van der Waals surface area contributed by atoms with Gasteiger partial charge >= 0.3 is 5.97 Å². The molecule has 0 fully saturated rings. The molecule has 0 aliphatic heterocycles. The summed E-state index contributed by atoms with van der Waals surface area (Å²) in [6.45, 7) is 3.60. The van der Waals surface area contributed by atoms with Crippen LogP contribution in [0.3, 0.4) is 0 Å². The summed E-state index contributed by atoms with van der Waals surface area (Å²) < 4.78 is 51.5. The average molecular weight is 490 g/mol. The molecule has 0 aliphatic rings. The fourth-order valence-electron chi connectivity index (χ4n) is 2.95. The molecule has 0 saturated heterocycles. The SMILES string of the molecule is COC(=O)c1cc(S(=O)(=O)NCCSc2ccc(Oc3ccc(F)c(C)c3)cc2)ccc1C. The van der Waals surface area contributed by atoms with Gasteiger partial charge in [-0.25, -0.2) is 22.3 Å². The van der Waals surface area contributed by atoms with E-state index >= 15 is 0 Å². The predicted molar refractivity (Wildman–Crippen MR) is 126 cm³/mol.